The molecule has 2 nitrogen and oxygen atoms in total. The van der Waals surface area contributed by atoms with Crippen LogP contribution < -0.4 is 10.1 Å². The molecule has 1 N–H and O–H groups in total. The summed E-state index contributed by atoms with van der Waals surface area (Å²) in [6, 6.07) is 6.26. The summed E-state index contributed by atoms with van der Waals surface area (Å²) < 4.78 is 6.03. The Labute approximate surface area is 121 Å². The van der Waals surface area contributed by atoms with Crippen LogP contribution in [0.3, 0.4) is 0 Å². The topological polar surface area (TPSA) is 21.3 Å². The van der Waals surface area contributed by atoms with Gasteiger partial charge in [0, 0.05) is 23.0 Å². The van der Waals surface area contributed by atoms with E-state index in [1.54, 1.807) is 0 Å². The van der Waals surface area contributed by atoms with Crippen molar-refractivity contribution in [1.29, 1.82) is 0 Å². The van der Waals surface area contributed by atoms with Crippen molar-refractivity contribution in [2.75, 3.05) is 6.54 Å². The fraction of sp³-hybridized carbons (Fsp3) is 0.625. The quantitative estimate of drug-likeness (QED) is 0.789. The molecule has 106 valence electrons. The lowest BCUT2D eigenvalue weighted by Crippen LogP contribution is -2.39. The molecule has 0 fully saturated rings. The number of hydrogen-bond acceptors (Lipinski definition) is 2. The molecule has 1 aliphatic heterocycles. The second-order valence-corrected chi connectivity index (χ2v) is 6.40. The van der Waals surface area contributed by atoms with Crippen LogP contribution in [0.1, 0.15) is 58.1 Å². The molecule has 3 heteroatoms. The van der Waals surface area contributed by atoms with E-state index in [-0.39, 0.29) is 5.60 Å². The van der Waals surface area contributed by atoms with Crippen molar-refractivity contribution in [1.82, 2.24) is 5.32 Å². The lowest BCUT2D eigenvalue weighted by molar-refractivity contribution is 0.0660. The Balaban J connectivity index is 2.11. The largest absolute Gasteiger partial charge is 0.487 e. The number of fused-ring (bicyclic) bond motifs is 1. The number of ether oxygens (including phenoxy) is 1. The maximum Gasteiger partial charge on any atom is 0.124 e. The number of nitrogens with one attached hydrogen (secondary N) is 1. The molecule has 1 aromatic rings. The van der Waals surface area contributed by atoms with Crippen molar-refractivity contribution < 1.29 is 4.74 Å². The Morgan fingerprint density at radius 2 is 2.16 bits per heavy atom. The van der Waals surface area contributed by atoms with Crippen LogP contribution in [0.2, 0.25) is 5.02 Å². The van der Waals surface area contributed by atoms with Gasteiger partial charge in [-0.2, -0.15) is 0 Å². The molecule has 2 rings (SSSR count). The van der Waals surface area contributed by atoms with E-state index in [0.717, 1.165) is 23.7 Å². The van der Waals surface area contributed by atoms with Gasteiger partial charge in [-0.1, -0.05) is 31.4 Å². The Bertz CT molecular complexity index is 431. The molecule has 1 aromatic carbocycles. The van der Waals surface area contributed by atoms with Crippen LogP contribution >= 0.6 is 11.6 Å². The van der Waals surface area contributed by atoms with E-state index >= 15 is 0 Å². The van der Waals surface area contributed by atoms with Gasteiger partial charge in [0.05, 0.1) is 0 Å². The van der Waals surface area contributed by atoms with Crippen molar-refractivity contribution in [3.05, 3.63) is 28.8 Å². The standard InChI is InChI=1S/C16H24ClNO/c1-4-5-6-9-18-14-11-16(2,3)19-15-8-7-12(17)10-13(14)15/h7-8,10,14,18H,4-6,9,11H2,1-3H3. The van der Waals surface area contributed by atoms with Crippen LogP contribution in [-0.4, -0.2) is 12.1 Å². The predicted molar refractivity (Wildman–Crippen MR) is 81.0 cm³/mol. The number of hydrogen-bond donors (Lipinski definition) is 1. The summed E-state index contributed by atoms with van der Waals surface area (Å²) in [5.41, 5.74) is 1.08. The van der Waals surface area contributed by atoms with Crippen LogP contribution in [0.4, 0.5) is 0 Å². The van der Waals surface area contributed by atoms with Gasteiger partial charge in [-0.3, -0.25) is 0 Å². The number of rotatable bonds is 5. The molecule has 1 aliphatic rings. The van der Waals surface area contributed by atoms with E-state index in [1.165, 1.54) is 24.8 Å². The molecule has 0 radical (unpaired) electrons. The summed E-state index contributed by atoms with van der Waals surface area (Å²) in [5, 5.41) is 4.44. The summed E-state index contributed by atoms with van der Waals surface area (Å²) in [7, 11) is 0. The number of unbranched alkanes of at least 4 members (excludes halogenated alkanes) is 2. The molecule has 0 spiro atoms. The van der Waals surface area contributed by atoms with Crippen molar-refractivity contribution in [2.45, 2.75) is 58.1 Å². The van der Waals surface area contributed by atoms with Crippen LogP contribution in [0.5, 0.6) is 5.75 Å². The molecule has 1 heterocycles. The van der Waals surface area contributed by atoms with E-state index in [9.17, 15) is 0 Å². The molecule has 19 heavy (non-hydrogen) atoms. The predicted octanol–water partition coefficient (Wildman–Crippen LogP) is 4.72. The highest BCUT2D eigenvalue weighted by atomic mass is 35.5. The van der Waals surface area contributed by atoms with Crippen LogP contribution in [0.25, 0.3) is 0 Å². The molecule has 0 saturated carbocycles. The third kappa shape index (κ3) is 3.87. The molecule has 0 saturated heterocycles. The Hall–Kier alpha value is -0.730. The summed E-state index contributed by atoms with van der Waals surface area (Å²) in [6.45, 7) is 7.57. The van der Waals surface area contributed by atoms with Crippen molar-refractivity contribution in [3.63, 3.8) is 0 Å². The Kier molecular flexibility index (Phi) is 4.75. The molecule has 0 aliphatic carbocycles. The average molecular weight is 282 g/mol. The van der Waals surface area contributed by atoms with Gasteiger partial charge in [0.25, 0.3) is 0 Å². The van der Waals surface area contributed by atoms with Gasteiger partial charge in [-0.05, 0) is 45.0 Å². The highest BCUT2D eigenvalue weighted by Gasteiger charge is 2.33. The van der Waals surface area contributed by atoms with Crippen LogP contribution in [0, 0.1) is 0 Å². The molecular weight excluding hydrogens is 258 g/mol. The van der Waals surface area contributed by atoms with Gasteiger partial charge in [-0.15, -0.1) is 0 Å². The summed E-state index contributed by atoms with van der Waals surface area (Å²) in [4.78, 5) is 0. The van der Waals surface area contributed by atoms with Gasteiger partial charge in [0.15, 0.2) is 0 Å². The summed E-state index contributed by atoms with van der Waals surface area (Å²) in [5.74, 6) is 0.966. The molecule has 0 bridgehead atoms. The molecule has 0 aromatic heterocycles. The zero-order valence-corrected chi connectivity index (χ0v) is 12.9. The fourth-order valence-corrected chi connectivity index (χ4v) is 2.84. The highest BCUT2D eigenvalue weighted by Crippen LogP contribution is 2.40. The minimum atomic E-state index is -0.122. The van der Waals surface area contributed by atoms with E-state index in [4.69, 9.17) is 16.3 Å². The zero-order chi connectivity index (χ0) is 13.9. The average Bonchev–Trinajstić information content (AvgIpc) is 2.34. The van der Waals surface area contributed by atoms with Gasteiger partial charge >= 0.3 is 0 Å². The highest BCUT2D eigenvalue weighted by molar-refractivity contribution is 6.30. The SMILES string of the molecule is CCCCCNC1CC(C)(C)Oc2ccc(Cl)cc21. The monoisotopic (exact) mass is 281 g/mol. The van der Waals surface area contributed by atoms with E-state index in [1.807, 2.05) is 18.2 Å². The maximum atomic E-state index is 6.11. The zero-order valence-electron chi connectivity index (χ0n) is 12.1. The first kappa shape index (κ1) is 14.7. The van der Waals surface area contributed by atoms with Gasteiger partial charge in [-0.25, -0.2) is 0 Å². The van der Waals surface area contributed by atoms with E-state index in [0.29, 0.717) is 6.04 Å². The van der Waals surface area contributed by atoms with Gasteiger partial charge in [0.1, 0.15) is 11.4 Å². The minimum Gasteiger partial charge on any atom is -0.487 e. The number of benzene rings is 1. The lowest BCUT2D eigenvalue weighted by atomic mass is 9.89. The maximum absolute atomic E-state index is 6.11. The lowest BCUT2D eigenvalue weighted by Gasteiger charge is -2.38. The van der Waals surface area contributed by atoms with Crippen LogP contribution in [-0.2, 0) is 0 Å². The third-order valence-electron chi connectivity index (χ3n) is 3.60. The first-order chi connectivity index (χ1) is 9.02. The Morgan fingerprint density at radius 3 is 2.89 bits per heavy atom. The third-order valence-corrected chi connectivity index (χ3v) is 3.84. The fourth-order valence-electron chi connectivity index (χ4n) is 2.66. The second-order valence-electron chi connectivity index (χ2n) is 5.96. The van der Waals surface area contributed by atoms with Crippen molar-refractivity contribution in [3.8, 4) is 5.75 Å². The van der Waals surface area contributed by atoms with Crippen molar-refractivity contribution >= 4 is 11.6 Å². The van der Waals surface area contributed by atoms with Gasteiger partial charge < -0.3 is 10.1 Å². The molecule has 1 unspecified atom stereocenters. The van der Waals surface area contributed by atoms with Crippen LogP contribution in [0.15, 0.2) is 18.2 Å². The van der Waals surface area contributed by atoms with E-state index < -0.39 is 0 Å². The normalized spacial score (nSPS) is 20.7. The van der Waals surface area contributed by atoms with E-state index in [2.05, 4.69) is 26.1 Å². The van der Waals surface area contributed by atoms with Gasteiger partial charge in [0.2, 0.25) is 0 Å². The first-order valence-electron chi connectivity index (χ1n) is 7.24. The van der Waals surface area contributed by atoms with Crippen molar-refractivity contribution in [2.24, 2.45) is 0 Å². The minimum absolute atomic E-state index is 0.122. The smallest absolute Gasteiger partial charge is 0.124 e. The molecular formula is C16H24ClNO. The summed E-state index contributed by atoms with van der Waals surface area (Å²) >= 11 is 6.11. The number of halogens is 1. The summed E-state index contributed by atoms with van der Waals surface area (Å²) in [6.07, 6.45) is 4.74. The molecule has 0 amide bonds. The molecule has 1 atom stereocenters. The second kappa shape index (κ2) is 6.15. The Morgan fingerprint density at radius 1 is 1.37 bits per heavy atom. The first-order valence-corrected chi connectivity index (χ1v) is 7.61.